The molecule has 0 radical (unpaired) electrons. The highest BCUT2D eigenvalue weighted by Crippen LogP contribution is 2.15. The maximum absolute atomic E-state index is 10.8. The molecule has 0 aromatic carbocycles. The summed E-state index contributed by atoms with van der Waals surface area (Å²) < 4.78 is 0. The number of Topliss-reactive ketones (excluding diaryl/α,β-unsaturated/α-hetero) is 1. The highest BCUT2D eigenvalue weighted by Gasteiger charge is 2.25. The molecule has 1 rings (SSSR count). The molecule has 0 spiro atoms. The van der Waals surface area contributed by atoms with E-state index in [0.29, 0.717) is 5.70 Å². The molecule has 1 aliphatic rings. The molecule has 0 fully saturated rings. The molecule has 0 aromatic rings. The van der Waals surface area contributed by atoms with Crippen LogP contribution in [-0.4, -0.2) is 17.2 Å². The monoisotopic (exact) mass is 153 g/mol. The molecule has 11 heavy (non-hydrogen) atoms. The van der Waals surface area contributed by atoms with Crippen molar-refractivity contribution < 1.29 is 4.79 Å². The number of nitrogens with zero attached hydrogens (tertiary/aromatic N) is 1. The molecule has 0 saturated carbocycles. The number of aliphatic imine (C=N–C) groups is 1. The normalized spacial score (nSPS) is 29.7. The summed E-state index contributed by atoms with van der Waals surface area (Å²) in [6.07, 6.45) is 1.57. The lowest BCUT2D eigenvalue weighted by molar-refractivity contribution is -0.111. The van der Waals surface area contributed by atoms with Crippen LogP contribution in [0.1, 0.15) is 13.8 Å². The average molecular weight is 153 g/mol. The van der Waals surface area contributed by atoms with Crippen LogP contribution in [0, 0.1) is 0 Å². The van der Waals surface area contributed by atoms with Gasteiger partial charge in [-0.1, -0.05) is 0 Å². The first-order valence-electron chi connectivity index (χ1n) is 3.31. The summed E-state index contributed by atoms with van der Waals surface area (Å²) in [6, 6.07) is 0. The van der Waals surface area contributed by atoms with E-state index in [1.54, 1.807) is 13.0 Å². The second-order valence-corrected chi connectivity index (χ2v) is 2.84. The van der Waals surface area contributed by atoms with Crippen molar-refractivity contribution in [1.82, 2.24) is 0 Å². The van der Waals surface area contributed by atoms with Crippen LogP contribution in [0.15, 0.2) is 16.8 Å². The van der Waals surface area contributed by atoms with E-state index in [1.807, 2.05) is 0 Å². The first kappa shape index (κ1) is 7.94. The zero-order valence-electron chi connectivity index (χ0n) is 6.59. The Bertz CT molecular complexity index is 263. The van der Waals surface area contributed by atoms with Gasteiger partial charge >= 0.3 is 0 Å². The number of carbonyl (C=O) groups is 1. The number of rotatable bonds is 1. The zero-order valence-corrected chi connectivity index (χ0v) is 6.59. The molecule has 0 bridgehead atoms. The van der Waals surface area contributed by atoms with Gasteiger partial charge in [-0.3, -0.25) is 9.79 Å². The van der Waals surface area contributed by atoms with Gasteiger partial charge in [0.05, 0.1) is 5.70 Å². The molecule has 60 valence electrons. The average Bonchev–Trinajstić information content (AvgIpc) is 2.05. The van der Waals surface area contributed by atoms with Gasteiger partial charge in [-0.25, -0.2) is 0 Å². The number of hydrogen-bond donors (Lipinski definition) is 2. The van der Waals surface area contributed by atoms with Gasteiger partial charge in [0, 0.05) is 6.92 Å². The van der Waals surface area contributed by atoms with E-state index in [0.717, 1.165) is 0 Å². The van der Waals surface area contributed by atoms with Crippen molar-refractivity contribution >= 4 is 11.5 Å². The van der Waals surface area contributed by atoms with Crippen LogP contribution < -0.4 is 11.5 Å². The van der Waals surface area contributed by atoms with Crippen molar-refractivity contribution in [1.29, 1.82) is 0 Å². The number of ketones is 1. The van der Waals surface area contributed by atoms with E-state index in [2.05, 4.69) is 4.99 Å². The maximum Gasteiger partial charge on any atom is 0.179 e. The van der Waals surface area contributed by atoms with Gasteiger partial charge in [0.25, 0.3) is 0 Å². The standard InChI is InChI=1S/C7H11N3O/c1-4(11)6-5(8)3-7(2,9)10-6/h3H,8-9H2,1-2H3. The molecular formula is C7H11N3O. The minimum Gasteiger partial charge on any atom is -0.397 e. The summed E-state index contributed by atoms with van der Waals surface area (Å²) in [4.78, 5) is 14.8. The van der Waals surface area contributed by atoms with E-state index in [4.69, 9.17) is 11.5 Å². The second-order valence-electron chi connectivity index (χ2n) is 2.84. The predicted octanol–water partition coefficient (Wildman–Crippen LogP) is -0.453. The maximum atomic E-state index is 10.8. The third-order valence-electron chi connectivity index (χ3n) is 1.41. The molecule has 4 N–H and O–H groups in total. The van der Waals surface area contributed by atoms with Crippen molar-refractivity contribution in [2.24, 2.45) is 16.5 Å². The van der Waals surface area contributed by atoms with E-state index in [1.165, 1.54) is 6.92 Å². The van der Waals surface area contributed by atoms with Crippen molar-refractivity contribution in [2.45, 2.75) is 19.5 Å². The van der Waals surface area contributed by atoms with Crippen molar-refractivity contribution in [3.8, 4) is 0 Å². The topological polar surface area (TPSA) is 81.5 Å². The van der Waals surface area contributed by atoms with Crippen molar-refractivity contribution in [3.05, 3.63) is 11.8 Å². The van der Waals surface area contributed by atoms with Gasteiger partial charge in [0.15, 0.2) is 5.78 Å². The number of carbonyl (C=O) groups excluding carboxylic acids is 1. The van der Waals surface area contributed by atoms with E-state index in [-0.39, 0.29) is 11.5 Å². The molecule has 0 aliphatic carbocycles. The minimum atomic E-state index is -0.801. The number of nitrogens with two attached hydrogens (primary N) is 2. The third-order valence-corrected chi connectivity index (χ3v) is 1.41. The van der Waals surface area contributed by atoms with Crippen LogP contribution >= 0.6 is 0 Å². The van der Waals surface area contributed by atoms with Crippen LogP contribution in [0.25, 0.3) is 0 Å². The Balaban J connectivity index is 3.04. The Morgan fingerprint density at radius 1 is 1.73 bits per heavy atom. The molecule has 1 atom stereocenters. The summed E-state index contributed by atoms with van der Waals surface area (Å²) in [7, 11) is 0. The molecule has 1 heterocycles. The molecule has 0 amide bonds. The Hall–Kier alpha value is -1.16. The Kier molecular flexibility index (Phi) is 1.56. The first-order chi connectivity index (χ1) is 4.92. The SMILES string of the molecule is CC(=O)C1=NC(C)(N)C=C1N. The number of allylic oxidation sites excluding steroid dienone is 1. The van der Waals surface area contributed by atoms with Crippen LogP contribution in [0.4, 0.5) is 0 Å². The molecule has 4 heteroatoms. The molecule has 0 saturated heterocycles. The van der Waals surface area contributed by atoms with Gasteiger partial charge in [-0.15, -0.1) is 0 Å². The molecule has 1 aliphatic heterocycles. The van der Waals surface area contributed by atoms with Crippen LogP contribution in [0.3, 0.4) is 0 Å². The summed E-state index contributed by atoms with van der Waals surface area (Å²) in [5.74, 6) is -0.145. The summed E-state index contributed by atoms with van der Waals surface area (Å²) >= 11 is 0. The summed E-state index contributed by atoms with van der Waals surface area (Å²) in [6.45, 7) is 3.11. The molecule has 1 unspecified atom stereocenters. The molecule has 4 nitrogen and oxygen atoms in total. The van der Waals surface area contributed by atoms with Crippen LogP contribution in [0.5, 0.6) is 0 Å². The predicted molar refractivity (Wildman–Crippen MR) is 43.0 cm³/mol. The smallest absolute Gasteiger partial charge is 0.179 e. The van der Waals surface area contributed by atoms with E-state index >= 15 is 0 Å². The van der Waals surface area contributed by atoms with E-state index < -0.39 is 5.66 Å². The van der Waals surface area contributed by atoms with Gasteiger partial charge < -0.3 is 11.5 Å². The fraction of sp³-hybridized carbons (Fsp3) is 0.429. The molecule has 0 aromatic heterocycles. The Morgan fingerprint density at radius 2 is 2.27 bits per heavy atom. The highest BCUT2D eigenvalue weighted by molar-refractivity contribution is 6.45. The lowest BCUT2D eigenvalue weighted by Gasteiger charge is -2.08. The second kappa shape index (κ2) is 2.17. The Morgan fingerprint density at radius 3 is 2.45 bits per heavy atom. The summed E-state index contributed by atoms with van der Waals surface area (Å²) in [5.41, 5.74) is 10.9. The fourth-order valence-corrected chi connectivity index (χ4v) is 1.00. The zero-order chi connectivity index (χ0) is 8.65. The molecular weight excluding hydrogens is 142 g/mol. The highest BCUT2D eigenvalue weighted by atomic mass is 16.1. The van der Waals surface area contributed by atoms with Gasteiger partial charge in [0.2, 0.25) is 0 Å². The van der Waals surface area contributed by atoms with Crippen molar-refractivity contribution in [2.75, 3.05) is 0 Å². The van der Waals surface area contributed by atoms with Crippen molar-refractivity contribution in [3.63, 3.8) is 0 Å². The van der Waals surface area contributed by atoms with Crippen LogP contribution in [0.2, 0.25) is 0 Å². The quantitative estimate of drug-likeness (QED) is 0.535. The van der Waals surface area contributed by atoms with Gasteiger partial charge in [0.1, 0.15) is 11.4 Å². The fourth-order valence-electron chi connectivity index (χ4n) is 1.00. The third kappa shape index (κ3) is 1.46. The lowest BCUT2D eigenvalue weighted by Crippen LogP contribution is -2.29. The number of hydrogen-bond acceptors (Lipinski definition) is 4. The van der Waals surface area contributed by atoms with Gasteiger partial charge in [-0.2, -0.15) is 0 Å². The van der Waals surface area contributed by atoms with Gasteiger partial charge in [-0.05, 0) is 13.0 Å². The summed E-state index contributed by atoms with van der Waals surface area (Å²) in [5, 5.41) is 0. The van der Waals surface area contributed by atoms with Crippen LogP contribution in [-0.2, 0) is 4.79 Å². The largest absolute Gasteiger partial charge is 0.397 e. The lowest BCUT2D eigenvalue weighted by atomic mass is 10.2. The minimum absolute atomic E-state index is 0.145. The Labute approximate surface area is 65.0 Å². The van der Waals surface area contributed by atoms with E-state index in [9.17, 15) is 4.79 Å². The first-order valence-corrected chi connectivity index (χ1v) is 3.31.